The van der Waals surface area contributed by atoms with Crippen LogP contribution >= 0.6 is 0 Å². The van der Waals surface area contributed by atoms with Gasteiger partial charge in [0.05, 0.1) is 0 Å². The van der Waals surface area contributed by atoms with E-state index in [0.717, 1.165) is 6.07 Å². The first-order valence-electron chi connectivity index (χ1n) is 4.15. The molecule has 0 aliphatic carbocycles. The molecule has 0 aliphatic heterocycles. The highest BCUT2D eigenvalue weighted by atomic mass is 19.2. The zero-order chi connectivity index (χ0) is 10.3. The smallest absolute Gasteiger partial charge is 0.201 e. The third-order valence-electron chi connectivity index (χ3n) is 2.01. The van der Waals surface area contributed by atoms with Crippen molar-refractivity contribution in [1.82, 2.24) is 0 Å². The Kier molecular flexibility index (Phi) is 2.00. The van der Waals surface area contributed by atoms with E-state index in [1.54, 1.807) is 0 Å². The Morgan fingerprint density at radius 3 is 2.71 bits per heavy atom. The molecule has 1 atom stereocenters. The van der Waals surface area contributed by atoms with Crippen LogP contribution in [0.2, 0.25) is 0 Å². The van der Waals surface area contributed by atoms with Gasteiger partial charge >= 0.3 is 0 Å². The third-order valence-corrected chi connectivity index (χ3v) is 2.01. The Balaban J connectivity index is 2.71. The normalized spacial score (nSPS) is 13.4. The van der Waals surface area contributed by atoms with Crippen molar-refractivity contribution in [3.63, 3.8) is 0 Å². The molecule has 0 bridgehead atoms. The van der Waals surface area contributed by atoms with E-state index < -0.39 is 17.7 Å². The number of aliphatic hydroxyl groups is 1. The molecule has 2 nitrogen and oxygen atoms in total. The lowest BCUT2D eigenvalue weighted by molar-refractivity contribution is 0.171. The van der Waals surface area contributed by atoms with E-state index in [-0.39, 0.29) is 11.3 Å². The van der Waals surface area contributed by atoms with Crippen LogP contribution in [-0.2, 0) is 0 Å². The summed E-state index contributed by atoms with van der Waals surface area (Å²) in [4.78, 5) is 0. The minimum Gasteiger partial charge on any atom is -0.455 e. The molecule has 1 aromatic carbocycles. The predicted molar refractivity (Wildman–Crippen MR) is 46.8 cm³/mol. The van der Waals surface area contributed by atoms with Crippen LogP contribution in [0.3, 0.4) is 0 Å². The molecule has 2 rings (SSSR count). The molecule has 4 heteroatoms. The molecule has 14 heavy (non-hydrogen) atoms. The maximum atomic E-state index is 13.1. The average molecular weight is 198 g/mol. The fourth-order valence-corrected chi connectivity index (χ4v) is 1.27. The molecule has 2 aromatic rings. The number of halogens is 2. The number of aliphatic hydroxyl groups excluding tert-OH is 1. The maximum Gasteiger partial charge on any atom is 0.201 e. The van der Waals surface area contributed by atoms with Gasteiger partial charge in [0, 0.05) is 5.39 Å². The topological polar surface area (TPSA) is 33.4 Å². The molecule has 1 aromatic heterocycles. The van der Waals surface area contributed by atoms with Gasteiger partial charge in [0.15, 0.2) is 11.4 Å². The summed E-state index contributed by atoms with van der Waals surface area (Å²) in [5.41, 5.74) is -0.152. The summed E-state index contributed by atoms with van der Waals surface area (Å²) in [6.07, 6.45) is -0.829. The van der Waals surface area contributed by atoms with Gasteiger partial charge in [0.2, 0.25) is 5.82 Å². The van der Waals surface area contributed by atoms with E-state index >= 15 is 0 Å². The van der Waals surface area contributed by atoms with Gasteiger partial charge in [-0.25, -0.2) is 4.39 Å². The standard InChI is InChI=1S/C10H8F2O2/c1-5(13)8-4-6-2-3-7(11)9(12)10(6)14-8/h2-5,13H,1H3. The molecular formula is C10H8F2O2. The molecule has 0 amide bonds. The Labute approximate surface area is 78.8 Å². The predicted octanol–water partition coefficient (Wildman–Crippen LogP) is 2.76. The monoisotopic (exact) mass is 198 g/mol. The van der Waals surface area contributed by atoms with Crippen LogP contribution in [0.25, 0.3) is 11.0 Å². The number of rotatable bonds is 1. The Bertz CT molecular complexity index is 474. The first-order chi connectivity index (χ1) is 6.59. The maximum absolute atomic E-state index is 13.1. The summed E-state index contributed by atoms with van der Waals surface area (Å²) in [6, 6.07) is 3.92. The van der Waals surface area contributed by atoms with Crippen molar-refractivity contribution in [1.29, 1.82) is 0 Å². The molecule has 0 radical (unpaired) electrons. The molecule has 74 valence electrons. The van der Waals surface area contributed by atoms with Crippen molar-refractivity contribution in [2.75, 3.05) is 0 Å². The van der Waals surface area contributed by atoms with E-state index in [9.17, 15) is 13.9 Å². The second-order valence-corrected chi connectivity index (χ2v) is 3.10. The van der Waals surface area contributed by atoms with E-state index in [1.165, 1.54) is 19.1 Å². The van der Waals surface area contributed by atoms with E-state index in [0.29, 0.717) is 5.39 Å². The van der Waals surface area contributed by atoms with Crippen molar-refractivity contribution < 1.29 is 18.3 Å². The quantitative estimate of drug-likeness (QED) is 0.764. The lowest BCUT2D eigenvalue weighted by Gasteiger charge is -1.96. The summed E-state index contributed by atoms with van der Waals surface area (Å²) in [5, 5.41) is 9.62. The van der Waals surface area contributed by atoms with Gasteiger partial charge in [-0.05, 0) is 25.1 Å². The van der Waals surface area contributed by atoms with Gasteiger partial charge in [0.1, 0.15) is 11.9 Å². The number of benzene rings is 1. The van der Waals surface area contributed by atoms with Gasteiger partial charge in [-0.1, -0.05) is 0 Å². The molecule has 0 spiro atoms. The highest BCUT2D eigenvalue weighted by Gasteiger charge is 2.14. The molecule has 1 N–H and O–H groups in total. The van der Waals surface area contributed by atoms with Crippen molar-refractivity contribution in [3.05, 3.63) is 35.6 Å². The molecule has 0 saturated heterocycles. The number of furan rings is 1. The Hall–Kier alpha value is -1.42. The number of hydrogen-bond donors (Lipinski definition) is 1. The van der Waals surface area contributed by atoms with Crippen LogP contribution < -0.4 is 0 Å². The van der Waals surface area contributed by atoms with Crippen LogP contribution in [0.15, 0.2) is 22.6 Å². The van der Waals surface area contributed by atoms with E-state index in [4.69, 9.17) is 4.42 Å². The second kappa shape index (κ2) is 3.06. The fraction of sp³-hybridized carbons (Fsp3) is 0.200. The lowest BCUT2D eigenvalue weighted by Crippen LogP contribution is -1.85. The Morgan fingerprint density at radius 2 is 2.07 bits per heavy atom. The third kappa shape index (κ3) is 1.28. The lowest BCUT2D eigenvalue weighted by atomic mass is 10.2. The fourth-order valence-electron chi connectivity index (χ4n) is 1.27. The zero-order valence-corrected chi connectivity index (χ0v) is 7.42. The van der Waals surface area contributed by atoms with E-state index in [1.807, 2.05) is 0 Å². The van der Waals surface area contributed by atoms with E-state index in [2.05, 4.69) is 0 Å². The summed E-state index contributed by atoms with van der Waals surface area (Å²) in [5.74, 6) is -1.75. The highest BCUT2D eigenvalue weighted by molar-refractivity contribution is 5.78. The van der Waals surface area contributed by atoms with Gasteiger partial charge in [0.25, 0.3) is 0 Å². The molecule has 0 fully saturated rings. The highest BCUT2D eigenvalue weighted by Crippen LogP contribution is 2.26. The first kappa shape index (κ1) is 9.15. The van der Waals surface area contributed by atoms with Crippen LogP contribution in [0, 0.1) is 11.6 Å². The van der Waals surface area contributed by atoms with Crippen LogP contribution in [0.5, 0.6) is 0 Å². The average Bonchev–Trinajstić information content (AvgIpc) is 2.56. The molecule has 0 aliphatic rings. The van der Waals surface area contributed by atoms with Crippen LogP contribution in [0.1, 0.15) is 18.8 Å². The van der Waals surface area contributed by atoms with Crippen molar-refractivity contribution in [3.8, 4) is 0 Å². The minimum atomic E-state index is -1.02. The molecule has 1 unspecified atom stereocenters. The number of fused-ring (bicyclic) bond motifs is 1. The largest absolute Gasteiger partial charge is 0.455 e. The van der Waals surface area contributed by atoms with Crippen LogP contribution in [0.4, 0.5) is 8.78 Å². The summed E-state index contributed by atoms with van der Waals surface area (Å²) < 4.78 is 30.9. The van der Waals surface area contributed by atoms with Crippen molar-refractivity contribution in [2.24, 2.45) is 0 Å². The summed E-state index contributed by atoms with van der Waals surface area (Å²) in [6.45, 7) is 1.49. The number of hydrogen-bond acceptors (Lipinski definition) is 2. The van der Waals surface area contributed by atoms with Crippen LogP contribution in [-0.4, -0.2) is 5.11 Å². The molecule has 0 saturated carbocycles. The summed E-state index contributed by atoms with van der Waals surface area (Å²) in [7, 11) is 0. The minimum absolute atomic E-state index is 0.152. The Morgan fingerprint density at radius 1 is 1.36 bits per heavy atom. The summed E-state index contributed by atoms with van der Waals surface area (Å²) >= 11 is 0. The second-order valence-electron chi connectivity index (χ2n) is 3.10. The van der Waals surface area contributed by atoms with Crippen molar-refractivity contribution >= 4 is 11.0 Å². The molecular weight excluding hydrogens is 190 g/mol. The zero-order valence-electron chi connectivity index (χ0n) is 7.42. The van der Waals surface area contributed by atoms with Gasteiger partial charge in [-0.3, -0.25) is 0 Å². The van der Waals surface area contributed by atoms with Crippen molar-refractivity contribution in [2.45, 2.75) is 13.0 Å². The van der Waals surface area contributed by atoms with Gasteiger partial charge < -0.3 is 9.52 Å². The SMILES string of the molecule is CC(O)c1cc2ccc(F)c(F)c2o1. The molecule has 1 heterocycles. The van der Waals surface area contributed by atoms with Gasteiger partial charge in [-0.15, -0.1) is 0 Å². The first-order valence-corrected chi connectivity index (χ1v) is 4.15. The van der Waals surface area contributed by atoms with Gasteiger partial charge in [-0.2, -0.15) is 4.39 Å².